The molecule has 2 aliphatic rings. The van der Waals surface area contributed by atoms with Gasteiger partial charge in [-0.2, -0.15) is 0 Å². The first-order valence-corrected chi connectivity index (χ1v) is 8.15. The Bertz CT molecular complexity index is 476. The molecule has 2 fully saturated rings. The summed E-state index contributed by atoms with van der Waals surface area (Å²) in [6.45, 7) is 2.06. The number of hydrogen-bond donors (Lipinski definition) is 1. The maximum atomic E-state index is 12.9. The molecule has 1 aromatic rings. The molecular weight excluding hydrogens is 262 g/mol. The van der Waals surface area contributed by atoms with Gasteiger partial charge in [-0.25, -0.2) is 0 Å². The van der Waals surface area contributed by atoms with Gasteiger partial charge in [0.1, 0.15) is 0 Å². The molecule has 3 atom stereocenters. The Hall–Kier alpha value is -1.42. The van der Waals surface area contributed by atoms with Crippen LogP contribution in [0.4, 0.5) is 0 Å². The first kappa shape index (κ1) is 14.5. The highest BCUT2D eigenvalue weighted by molar-refractivity contribution is 5.79. The number of nitrogens with zero attached hydrogens (tertiary/aromatic N) is 2. The zero-order valence-corrected chi connectivity index (χ0v) is 12.6. The fourth-order valence-corrected chi connectivity index (χ4v) is 4.04. The second-order valence-corrected chi connectivity index (χ2v) is 6.54. The van der Waals surface area contributed by atoms with E-state index in [1.165, 1.54) is 19.3 Å². The van der Waals surface area contributed by atoms with Gasteiger partial charge in [-0.3, -0.25) is 9.78 Å². The van der Waals surface area contributed by atoms with Crippen molar-refractivity contribution in [3.8, 4) is 0 Å². The Labute approximate surface area is 126 Å². The zero-order chi connectivity index (χ0) is 14.7. The van der Waals surface area contributed by atoms with E-state index in [4.69, 9.17) is 5.73 Å². The predicted molar refractivity (Wildman–Crippen MR) is 82.3 cm³/mol. The monoisotopic (exact) mass is 287 g/mol. The summed E-state index contributed by atoms with van der Waals surface area (Å²) in [7, 11) is 0. The lowest BCUT2D eigenvalue weighted by molar-refractivity contribution is -0.137. The molecular formula is C17H25N3O. The van der Waals surface area contributed by atoms with Crippen LogP contribution in [0.1, 0.15) is 37.7 Å². The van der Waals surface area contributed by atoms with Crippen LogP contribution in [0, 0.1) is 17.8 Å². The SMILES string of the molecule is NCCCN(Cc1cccnc1)C(=O)C1CC2CCC1C2. The molecule has 2 bridgehead atoms. The van der Waals surface area contributed by atoms with Crippen molar-refractivity contribution in [2.75, 3.05) is 13.1 Å². The van der Waals surface area contributed by atoms with E-state index in [-0.39, 0.29) is 5.92 Å². The van der Waals surface area contributed by atoms with Gasteiger partial charge in [0.05, 0.1) is 0 Å². The van der Waals surface area contributed by atoms with Crippen molar-refractivity contribution in [1.82, 2.24) is 9.88 Å². The van der Waals surface area contributed by atoms with Gasteiger partial charge in [0.15, 0.2) is 0 Å². The third-order valence-electron chi connectivity index (χ3n) is 5.10. The highest BCUT2D eigenvalue weighted by Crippen LogP contribution is 2.48. The predicted octanol–water partition coefficient (Wildman–Crippen LogP) is 2.20. The zero-order valence-electron chi connectivity index (χ0n) is 12.6. The van der Waals surface area contributed by atoms with E-state index in [0.717, 1.165) is 30.9 Å². The summed E-state index contributed by atoms with van der Waals surface area (Å²) in [5.41, 5.74) is 6.74. The standard InChI is InChI=1S/C17H25N3O/c18-6-2-8-20(12-14-3-1-7-19-11-14)17(21)16-10-13-4-5-15(16)9-13/h1,3,7,11,13,15-16H,2,4-6,8-10,12,18H2. The summed E-state index contributed by atoms with van der Waals surface area (Å²) < 4.78 is 0. The van der Waals surface area contributed by atoms with Crippen LogP contribution in [0.2, 0.25) is 0 Å². The van der Waals surface area contributed by atoms with Gasteiger partial charge in [-0.05, 0) is 55.7 Å². The molecule has 2 saturated carbocycles. The Kier molecular flexibility index (Phi) is 4.54. The summed E-state index contributed by atoms with van der Waals surface area (Å²) in [5, 5.41) is 0. The Balaban J connectivity index is 1.68. The number of rotatable bonds is 6. The number of carbonyl (C=O) groups excluding carboxylic acids is 1. The maximum absolute atomic E-state index is 12.9. The van der Waals surface area contributed by atoms with E-state index in [0.29, 0.717) is 24.9 Å². The fourth-order valence-electron chi connectivity index (χ4n) is 4.04. The lowest BCUT2D eigenvalue weighted by Gasteiger charge is -2.29. The lowest BCUT2D eigenvalue weighted by Crippen LogP contribution is -2.39. The first-order valence-electron chi connectivity index (χ1n) is 8.15. The smallest absolute Gasteiger partial charge is 0.226 e. The van der Waals surface area contributed by atoms with Gasteiger partial charge in [-0.15, -0.1) is 0 Å². The van der Waals surface area contributed by atoms with Gasteiger partial charge in [0.25, 0.3) is 0 Å². The summed E-state index contributed by atoms with van der Waals surface area (Å²) in [4.78, 5) is 19.1. The number of hydrogen-bond acceptors (Lipinski definition) is 3. The van der Waals surface area contributed by atoms with Crippen molar-refractivity contribution >= 4 is 5.91 Å². The number of nitrogens with two attached hydrogens (primary N) is 1. The Morgan fingerprint density at radius 3 is 2.90 bits per heavy atom. The van der Waals surface area contributed by atoms with Gasteiger partial charge < -0.3 is 10.6 Å². The quantitative estimate of drug-likeness (QED) is 0.872. The largest absolute Gasteiger partial charge is 0.338 e. The summed E-state index contributed by atoms with van der Waals surface area (Å²) in [6, 6.07) is 3.97. The Morgan fingerprint density at radius 2 is 2.29 bits per heavy atom. The van der Waals surface area contributed by atoms with Crippen LogP contribution in [-0.4, -0.2) is 28.9 Å². The molecule has 1 amide bonds. The molecule has 0 radical (unpaired) electrons. The molecule has 114 valence electrons. The van der Waals surface area contributed by atoms with E-state index < -0.39 is 0 Å². The minimum atomic E-state index is 0.262. The molecule has 2 aliphatic carbocycles. The summed E-state index contributed by atoms with van der Waals surface area (Å²) >= 11 is 0. The van der Waals surface area contributed by atoms with E-state index >= 15 is 0 Å². The molecule has 1 heterocycles. The third-order valence-corrected chi connectivity index (χ3v) is 5.10. The number of carbonyl (C=O) groups is 1. The average Bonchev–Trinajstić information content (AvgIpc) is 3.14. The lowest BCUT2D eigenvalue weighted by atomic mass is 9.87. The minimum absolute atomic E-state index is 0.262. The normalized spacial score (nSPS) is 27.0. The highest BCUT2D eigenvalue weighted by Gasteiger charge is 2.44. The van der Waals surface area contributed by atoms with Crippen molar-refractivity contribution in [2.45, 2.75) is 38.6 Å². The van der Waals surface area contributed by atoms with Crippen LogP contribution in [0.5, 0.6) is 0 Å². The first-order chi connectivity index (χ1) is 10.3. The molecule has 4 heteroatoms. The van der Waals surface area contributed by atoms with Crippen LogP contribution < -0.4 is 5.73 Å². The molecule has 0 aliphatic heterocycles. The molecule has 4 nitrogen and oxygen atoms in total. The fraction of sp³-hybridized carbons (Fsp3) is 0.647. The van der Waals surface area contributed by atoms with E-state index in [1.807, 2.05) is 23.2 Å². The highest BCUT2D eigenvalue weighted by atomic mass is 16.2. The molecule has 2 N–H and O–H groups in total. The van der Waals surface area contributed by atoms with Crippen LogP contribution in [0.25, 0.3) is 0 Å². The van der Waals surface area contributed by atoms with E-state index in [1.54, 1.807) is 6.20 Å². The molecule has 21 heavy (non-hydrogen) atoms. The van der Waals surface area contributed by atoms with Gasteiger partial charge in [0, 0.05) is 31.4 Å². The van der Waals surface area contributed by atoms with Gasteiger partial charge in [-0.1, -0.05) is 12.5 Å². The summed E-state index contributed by atoms with van der Waals surface area (Å²) in [6.07, 6.45) is 9.45. The van der Waals surface area contributed by atoms with Crippen LogP contribution in [0.3, 0.4) is 0 Å². The molecule has 0 spiro atoms. The molecule has 0 aromatic carbocycles. The van der Waals surface area contributed by atoms with Crippen LogP contribution in [-0.2, 0) is 11.3 Å². The van der Waals surface area contributed by atoms with E-state index in [9.17, 15) is 4.79 Å². The van der Waals surface area contributed by atoms with Gasteiger partial charge >= 0.3 is 0 Å². The van der Waals surface area contributed by atoms with Crippen molar-refractivity contribution in [2.24, 2.45) is 23.5 Å². The number of aromatic nitrogens is 1. The van der Waals surface area contributed by atoms with Crippen molar-refractivity contribution < 1.29 is 4.79 Å². The number of pyridine rings is 1. The van der Waals surface area contributed by atoms with Crippen LogP contribution >= 0.6 is 0 Å². The third kappa shape index (κ3) is 3.26. The second-order valence-electron chi connectivity index (χ2n) is 6.54. The Morgan fingerprint density at radius 1 is 1.38 bits per heavy atom. The number of amides is 1. The molecule has 3 unspecified atom stereocenters. The topological polar surface area (TPSA) is 59.2 Å². The number of fused-ring (bicyclic) bond motifs is 2. The van der Waals surface area contributed by atoms with Crippen LogP contribution in [0.15, 0.2) is 24.5 Å². The van der Waals surface area contributed by atoms with E-state index in [2.05, 4.69) is 4.98 Å². The second kappa shape index (κ2) is 6.56. The minimum Gasteiger partial charge on any atom is -0.338 e. The maximum Gasteiger partial charge on any atom is 0.226 e. The molecule has 0 saturated heterocycles. The van der Waals surface area contributed by atoms with Crippen molar-refractivity contribution in [3.05, 3.63) is 30.1 Å². The average molecular weight is 287 g/mol. The van der Waals surface area contributed by atoms with Crippen molar-refractivity contribution in [1.29, 1.82) is 0 Å². The molecule has 3 rings (SSSR count). The summed E-state index contributed by atoms with van der Waals surface area (Å²) in [5.74, 6) is 2.05. The van der Waals surface area contributed by atoms with Crippen molar-refractivity contribution in [3.63, 3.8) is 0 Å². The molecule has 1 aromatic heterocycles. The van der Waals surface area contributed by atoms with Gasteiger partial charge in [0.2, 0.25) is 5.91 Å².